The number of rotatable bonds is 7. The molecule has 3 saturated carbocycles. The molecule has 162 valence electrons. The normalized spacial score (nSPS) is 31.4. The molecule has 3 unspecified atom stereocenters. The van der Waals surface area contributed by atoms with Crippen molar-refractivity contribution in [3.05, 3.63) is 21.9 Å². The Labute approximate surface area is 178 Å². The highest BCUT2D eigenvalue weighted by molar-refractivity contribution is 7.89. The van der Waals surface area contributed by atoms with Crippen molar-refractivity contribution in [3.8, 4) is 0 Å². The monoisotopic (exact) mass is 439 g/mol. The van der Waals surface area contributed by atoms with Crippen LogP contribution in [0, 0.1) is 16.7 Å². The fraction of sp³-hybridized carbons (Fsp3) is 0.773. The second-order valence-corrected chi connectivity index (χ2v) is 13.0. The van der Waals surface area contributed by atoms with E-state index in [1.807, 2.05) is 6.07 Å². The van der Waals surface area contributed by atoms with E-state index >= 15 is 0 Å². The first-order chi connectivity index (χ1) is 13.5. The lowest BCUT2D eigenvalue weighted by Crippen LogP contribution is -2.47. The molecular weight excluding hydrogens is 406 g/mol. The van der Waals surface area contributed by atoms with E-state index < -0.39 is 21.5 Å². The van der Waals surface area contributed by atoms with Crippen LogP contribution in [0.2, 0.25) is 0 Å². The predicted molar refractivity (Wildman–Crippen MR) is 115 cm³/mol. The number of carbonyl (C=O) groups excluding carboxylic acids is 1. The Bertz CT molecular complexity index is 896. The average molecular weight is 440 g/mol. The average Bonchev–Trinajstić information content (AvgIpc) is 3.38. The van der Waals surface area contributed by atoms with E-state index in [2.05, 4.69) is 24.6 Å². The number of thiophene rings is 1. The first kappa shape index (κ1) is 21.5. The smallest absolute Gasteiger partial charge is 0.212 e. The summed E-state index contributed by atoms with van der Waals surface area (Å²) in [6.07, 6.45) is 5.74. The largest absolute Gasteiger partial charge is 0.388 e. The van der Waals surface area contributed by atoms with E-state index in [4.69, 9.17) is 0 Å². The van der Waals surface area contributed by atoms with Crippen molar-refractivity contribution < 1.29 is 18.3 Å². The molecule has 3 aliphatic rings. The molecular formula is C22H33NO4S2. The van der Waals surface area contributed by atoms with Crippen molar-refractivity contribution >= 4 is 27.1 Å². The van der Waals surface area contributed by atoms with Crippen molar-refractivity contribution in [1.29, 1.82) is 0 Å². The summed E-state index contributed by atoms with van der Waals surface area (Å²) in [5.74, 6) is 0.373. The van der Waals surface area contributed by atoms with Crippen molar-refractivity contribution in [2.75, 3.05) is 12.3 Å². The Morgan fingerprint density at radius 1 is 1.24 bits per heavy atom. The first-order valence-electron chi connectivity index (χ1n) is 10.8. The number of hydrogen-bond acceptors (Lipinski definition) is 5. The van der Waals surface area contributed by atoms with Crippen LogP contribution in [0.15, 0.2) is 12.1 Å². The number of sulfonamides is 1. The third kappa shape index (κ3) is 3.42. The molecule has 5 nitrogen and oxygen atoms in total. The van der Waals surface area contributed by atoms with E-state index in [1.54, 1.807) is 18.3 Å². The van der Waals surface area contributed by atoms with Crippen LogP contribution in [0.3, 0.4) is 0 Å². The molecule has 2 bridgehead atoms. The molecule has 1 heterocycles. The standard InChI is InChI=1S/C22H33NO4S2/c1-15(24)17-6-7-19(28-17)21(9-4-5-10-21)13-23-29(26,27)14-22-11-8-16(12-18(22)25)20(22,2)3/h6-7,15-16,23-24H,4-5,8-14H2,1-3H3. The summed E-state index contributed by atoms with van der Waals surface area (Å²) in [6.45, 7) is 6.29. The molecule has 0 amide bonds. The van der Waals surface area contributed by atoms with Crippen molar-refractivity contribution in [2.45, 2.75) is 77.2 Å². The minimum Gasteiger partial charge on any atom is -0.388 e. The maximum absolute atomic E-state index is 13.1. The van der Waals surface area contributed by atoms with Crippen molar-refractivity contribution in [2.24, 2.45) is 16.7 Å². The SMILES string of the molecule is CC(O)c1ccc(C2(CNS(=O)(=O)CC34CCC(CC3=O)C4(C)C)CCCC2)s1. The van der Waals surface area contributed by atoms with Crippen molar-refractivity contribution in [3.63, 3.8) is 0 Å². The number of fused-ring (bicyclic) bond motifs is 2. The van der Waals surface area contributed by atoms with Gasteiger partial charge in [-0.1, -0.05) is 26.7 Å². The second kappa shape index (κ2) is 7.14. The molecule has 29 heavy (non-hydrogen) atoms. The topological polar surface area (TPSA) is 83.5 Å². The molecule has 1 aromatic rings. The number of ketones is 1. The molecule has 0 aromatic carbocycles. The highest BCUT2D eigenvalue weighted by Gasteiger charge is 2.65. The van der Waals surface area contributed by atoms with Gasteiger partial charge in [0.1, 0.15) is 5.78 Å². The predicted octanol–water partition coefficient (Wildman–Crippen LogP) is 3.93. The zero-order valence-electron chi connectivity index (χ0n) is 17.7. The molecule has 3 atom stereocenters. The Balaban J connectivity index is 1.52. The van der Waals surface area contributed by atoms with Gasteiger partial charge in [-0.3, -0.25) is 4.79 Å². The van der Waals surface area contributed by atoms with E-state index in [9.17, 15) is 18.3 Å². The zero-order valence-corrected chi connectivity index (χ0v) is 19.3. The summed E-state index contributed by atoms with van der Waals surface area (Å²) >= 11 is 1.59. The van der Waals surface area contributed by atoms with Gasteiger partial charge in [-0.15, -0.1) is 11.3 Å². The van der Waals surface area contributed by atoms with Gasteiger partial charge in [0.05, 0.1) is 11.9 Å². The number of aliphatic hydroxyl groups is 1. The Morgan fingerprint density at radius 3 is 2.45 bits per heavy atom. The van der Waals surface area contributed by atoms with Gasteiger partial charge in [0.2, 0.25) is 10.0 Å². The number of carbonyl (C=O) groups is 1. The highest BCUT2D eigenvalue weighted by atomic mass is 32.2. The fourth-order valence-corrected chi connectivity index (χ4v) is 9.27. The van der Waals surface area contributed by atoms with Crippen LogP contribution in [-0.2, 0) is 20.2 Å². The van der Waals surface area contributed by atoms with Crippen LogP contribution >= 0.6 is 11.3 Å². The van der Waals surface area contributed by atoms with Crippen LogP contribution in [0.1, 0.15) is 81.6 Å². The lowest BCUT2D eigenvalue weighted by atomic mass is 9.70. The second-order valence-electron chi connectivity index (χ2n) is 10.1. The van der Waals surface area contributed by atoms with Crippen LogP contribution in [0.5, 0.6) is 0 Å². The minimum absolute atomic E-state index is 0.0816. The third-order valence-corrected chi connectivity index (χ3v) is 11.3. The van der Waals surface area contributed by atoms with Gasteiger partial charge < -0.3 is 5.11 Å². The van der Waals surface area contributed by atoms with Gasteiger partial charge >= 0.3 is 0 Å². The molecule has 0 aliphatic heterocycles. The van der Waals surface area contributed by atoms with Gasteiger partial charge in [0.25, 0.3) is 0 Å². The third-order valence-electron chi connectivity index (χ3n) is 8.33. The van der Waals surface area contributed by atoms with E-state index in [0.717, 1.165) is 41.9 Å². The van der Waals surface area contributed by atoms with E-state index in [0.29, 0.717) is 25.3 Å². The molecule has 0 radical (unpaired) electrons. The molecule has 2 N–H and O–H groups in total. The lowest BCUT2D eigenvalue weighted by Gasteiger charge is -2.36. The van der Waals surface area contributed by atoms with Crippen LogP contribution < -0.4 is 4.72 Å². The molecule has 0 spiro atoms. The van der Waals surface area contributed by atoms with Crippen LogP contribution in [0.4, 0.5) is 0 Å². The number of hydrogen-bond donors (Lipinski definition) is 2. The summed E-state index contributed by atoms with van der Waals surface area (Å²) in [4.78, 5) is 14.8. The molecule has 0 saturated heterocycles. The van der Waals surface area contributed by atoms with Crippen molar-refractivity contribution in [1.82, 2.24) is 4.72 Å². The van der Waals surface area contributed by atoms with E-state index in [1.165, 1.54) is 0 Å². The summed E-state index contributed by atoms with van der Waals surface area (Å²) in [5, 5.41) is 9.88. The fourth-order valence-electron chi connectivity index (χ4n) is 6.16. The summed E-state index contributed by atoms with van der Waals surface area (Å²) in [6, 6.07) is 4.01. The van der Waals surface area contributed by atoms with Crippen LogP contribution in [-0.4, -0.2) is 31.6 Å². The maximum Gasteiger partial charge on any atom is 0.212 e. The van der Waals surface area contributed by atoms with Gasteiger partial charge in [-0.05, 0) is 56.1 Å². The Kier molecular flexibility index (Phi) is 5.29. The number of nitrogens with one attached hydrogen (secondary N) is 1. The zero-order chi connectivity index (χ0) is 21.1. The molecule has 1 aromatic heterocycles. The number of Topliss-reactive ketones (excluding diaryl/α,β-unsaturated/α-hetero) is 1. The van der Waals surface area contributed by atoms with Crippen LogP contribution in [0.25, 0.3) is 0 Å². The summed E-state index contributed by atoms with van der Waals surface area (Å²) < 4.78 is 29.2. The number of aliphatic hydroxyl groups excluding tert-OH is 1. The quantitative estimate of drug-likeness (QED) is 0.674. The maximum atomic E-state index is 13.1. The Morgan fingerprint density at radius 2 is 1.93 bits per heavy atom. The van der Waals surface area contributed by atoms with Gasteiger partial charge in [0.15, 0.2) is 0 Å². The minimum atomic E-state index is -3.57. The molecule has 3 aliphatic carbocycles. The van der Waals surface area contributed by atoms with Gasteiger partial charge in [-0.25, -0.2) is 13.1 Å². The van der Waals surface area contributed by atoms with Gasteiger partial charge in [0, 0.05) is 33.5 Å². The first-order valence-corrected chi connectivity index (χ1v) is 13.3. The molecule has 4 rings (SSSR count). The van der Waals surface area contributed by atoms with Gasteiger partial charge in [-0.2, -0.15) is 0 Å². The lowest BCUT2D eigenvalue weighted by molar-refractivity contribution is -0.128. The summed E-state index contributed by atoms with van der Waals surface area (Å²) in [7, 11) is -3.57. The summed E-state index contributed by atoms with van der Waals surface area (Å²) in [5.41, 5.74) is -1.17. The Hall–Kier alpha value is -0.760. The van der Waals surface area contributed by atoms with E-state index in [-0.39, 0.29) is 22.4 Å². The highest BCUT2D eigenvalue weighted by Crippen LogP contribution is 2.64. The molecule has 3 fully saturated rings. The molecule has 7 heteroatoms.